The number of nitrogen functional groups attached to an aromatic ring is 1. The van der Waals surface area contributed by atoms with Crippen LogP contribution in [-0.4, -0.2) is 17.6 Å². The molecule has 2 aliphatic rings. The molecule has 1 saturated heterocycles. The molecule has 3 nitrogen and oxygen atoms in total. The van der Waals surface area contributed by atoms with E-state index >= 15 is 0 Å². The summed E-state index contributed by atoms with van der Waals surface area (Å²) in [6.07, 6.45) is 8.76. The van der Waals surface area contributed by atoms with E-state index in [1.54, 1.807) is 0 Å². The first-order chi connectivity index (χ1) is 8.25. The highest BCUT2D eigenvalue weighted by Gasteiger charge is 2.36. The van der Waals surface area contributed by atoms with Gasteiger partial charge in [-0.1, -0.05) is 12.8 Å². The number of fused-ring (bicyclic) bond motifs is 1. The Morgan fingerprint density at radius 3 is 2.94 bits per heavy atom. The molecule has 2 fully saturated rings. The highest BCUT2D eigenvalue weighted by atomic mass is 15.2. The summed E-state index contributed by atoms with van der Waals surface area (Å²) in [6, 6.07) is 2.77. The normalized spacial score (nSPS) is 28.2. The van der Waals surface area contributed by atoms with Gasteiger partial charge in [-0.05, 0) is 37.7 Å². The second-order valence-corrected chi connectivity index (χ2v) is 5.49. The van der Waals surface area contributed by atoms with Crippen LogP contribution in [0.5, 0.6) is 0 Å². The van der Waals surface area contributed by atoms with Gasteiger partial charge in [0.25, 0.3) is 0 Å². The Balaban J connectivity index is 1.86. The topological polar surface area (TPSA) is 42.2 Å². The van der Waals surface area contributed by atoms with Crippen molar-refractivity contribution in [3.05, 3.63) is 17.8 Å². The number of nitrogens with zero attached hydrogens (tertiary/aromatic N) is 2. The van der Waals surface area contributed by atoms with Gasteiger partial charge in [-0.25, -0.2) is 4.98 Å². The molecule has 2 atom stereocenters. The fraction of sp³-hybridized carbons (Fsp3) is 0.643. The number of hydrogen-bond acceptors (Lipinski definition) is 3. The SMILES string of the molecule is Cc1cnc(N2CCC3CCCCC32)cc1N. The maximum atomic E-state index is 5.99. The van der Waals surface area contributed by atoms with Gasteiger partial charge in [-0.3, -0.25) is 0 Å². The molecule has 1 aromatic heterocycles. The zero-order valence-corrected chi connectivity index (χ0v) is 10.5. The largest absolute Gasteiger partial charge is 0.398 e. The first-order valence-electron chi connectivity index (χ1n) is 6.74. The molecule has 2 N–H and O–H groups in total. The lowest BCUT2D eigenvalue weighted by Crippen LogP contribution is -2.35. The van der Waals surface area contributed by atoms with Crippen LogP contribution >= 0.6 is 0 Å². The van der Waals surface area contributed by atoms with Gasteiger partial charge in [0.15, 0.2) is 0 Å². The van der Waals surface area contributed by atoms with Crippen LogP contribution in [0.25, 0.3) is 0 Å². The Bertz CT molecular complexity index is 416. The van der Waals surface area contributed by atoms with E-state index in [4.69, 9.17) is 5.73 Å². The van der Waals surface area contributed by atoms with Gasteiger partial charge in [-0.15, -0.1) is 0 Å². The molecule has 3 heteroatoms. The van der Waals surface area contributed by atoms with Crippen LogP contribution in [-0.2, 0) is 0 Å². The zero-order valence-electron chi connectivity index (χ0n) is 10.5. The quantitative estimate of drug-likeness (QED) is 0.808. The highest BCUT2D eigenvalue weighted by Crippen LogP contribution is 2.38. The summed E-state index contributed by atoms with van der Waals surface area (Å²) in [4.78, 5) is 7.04. The third-order valence-electron chi connectivity index (χ3n) is 4.43. The van der Waals surface area contributed by atoms with E-state index in [2.05, 4.69) is 9.88 Å². The van der Waals surface area contributed by atoms with Gasteiger partial charge in [0.05, 0.1) is 0 Å². The van der Waals surface area contributed by atoms with E-state index in [-0.39, 0.29) is 0 Å². The summed E-state index contributed by atoms with van der Waals surface area (Å²) in [5, 5.41) is 0. The standard InChI is InChI=1S/C14H21N3/c1-10-9-16-14(8-12(10)15)17-7-6-11-4-2-3-5-13(11)17/h8-9,11,13H,2-7H2,1H3,(H2,15,16). The molecule has 0 amide bonds. The molecule has 3 rings (SSSR count). The lowest BCUT2D eigenvalue weighted by Gasteiger charge is -2.32. The summed E-state index contributed by atoms with van der Waals surface area (Å²) in [5.41, 5.74) is 7.94. The third kappa shape index (κ3) is 1.88. The van der Waals surface area contributed by atoms with Crippen molar-refractivity contribution in [2.45, 2.75) is 45.1 Å². The zero-order chi connectivity index (χ0) is 11.8. The Kier molecular flexibility index (Phi) is 2.69. The van der Waals surface area contributed by atoms with Crippen LogP contribution in [0.3, 0.4) is 0 Å². The first-order valence-corrected chi connectivity index (χ1v) is 6.74. The minimum absolute atomic E-state index is 0.721. The molecule has 17 heavy (non-hydrogen) atoms. The molecule has 92 valence electrons. The molecular formula is C14H21N3. The number of anilines is 2. The Labute approximate surface area is 103 Å². The first kappa shape index (κ1) is 10.9. The summed E-state index contributed by atoms with van der Waals surface area (Å²) < 4.78 is 0. The van der Waals surface area contributed by atoms with E-state index in [0.29, 0.717) is 0 Å². The molecule has 0 spiro atoms. The van der Waals surface area contributed by atoms with Gasteiger partial charge >= 0.3 is 0 Å². The highest BCUT2D eigenvalue weighted by molar-refractivity contribution is 5.55. The van der Waals surface area contributed by atoms with Gasteiger partial charge in [0.1, 0.15) is 5.82 Å². The molecule has 1 saturated carbocycles. The lowest BCUT2D eigenvalue weighted by atomic mass is 9.85. The van der Waals surface area contributed by atoms with E-state index < -0.39 is 0 Å². The average molecular weight is 231 g/mol. The summed E-state index contributed by atoms with van der Waals surface area (Å²) in [6.45, 7) is 3.17. The van der Waals surface area contributed by atoms with Crippen molar-refractivity contribution >= 4 is 11.5 Å². The van der Waals surface area contributed by atoms with Crippen LogP contribution < -0.4 is 10.6 Å². The van der Waals surface area contributed by atoms with Crippen molar-refractivity contribution in [3.8, 4) is 0 Å². The number of hydrogen-bond donors (Lipinski definition) is 1. The monoisotopic (exact) mass is 231 g/mol. The van der Waals surface area contributed by atoms with Crippen molar-refractivity contribution in [3.63, 3.8) is 0 Å². The molecule has 0 radical (unpaired) electrons. The molecular weight excluding hydrogens is 210 g/mol. The van der Waals surface area contributed by atoms with E-state index in [1.807, 2.05) is 19.2 Å². The van der Waals surface area contributed by atoms with Crippen LogP contribution in [0.2, 0.25) is 0 Å². The van der Waals surface area contributed by atoms with E-state index in [9.17, 15) is 0 Å². The van der Waals surface area contributed by atoms with Crippen LogP contribution in [0.15, 0.2) is 12.3 Å². The fourth-order valence-electron chi connectivity index (χ4n) is 3.38. The minimum Gasteiger partial charge on any atom is -0.398 e. The molecule has 2 unspecified atom stereocenters. The Morgan fingerprint density at radius 2 is 2.12 bits per heavy atom. The van der Waals surface area contributed by atoms with E-state index in [1.165, 1.54) is 32.1 Å². The summed E-state index contributed by atoms with van der Waals surface area (Å²) in [5.74, 6) is 1.98. The van der Waals surface area contributed by atoms with Crippen molar-refractivity contribution in [1.29, 1.82) is 0 Å². The second-order valence-electron chi connectivity index (χ2n) is 5.49. The lowest BCUT2D eigenvalue weighted by molar-refractivity contribution is 0.341. The van der Waals surface area contributed by atoms with Crippen molar-refractivity contribution in [2.24, 2.45) is 5.92 Å². The van der Waals surface area contributed by atoms with Crippen molar-refractivity contribution < 1.29 is 0 Å². The molecule has 1 aliphatic carbocycles. The van der Waals surface area contributed by atoms with Gasteiger partial charge in [0, 0.05) is 30.5 Å². The Morgan fingerprint density at radius 1 is 1.29 bits per heavy atom. The predicted molar refractivity (Wildman–Crippen MR) is 71.1 cm³/mol. The van der Waals surface area contributed by atoms with Crippen molar-refractivity contribution in [2.75, 3.05) is 17.2 Å². The average Bonchev–Trinajstić information content (AvgIpc) is 2.76. The molecule has 1 aromatic rings. The fourth-order valence-corrected chi connectivity index (χ4v) is 3.38. The number of aromatic nitrogens is 1. The van der Waals surface area contributed by atoms with Gasteiger partial charge in [0.2, 0.25) is 0 Å². The number of nitrogens with two attached hydrogens (primary N) is 1. The number of pyridine rings is 1. The Hall–Kier alpha value is -1.25. The molecule has 0 bridgehead atoms. The summed E-state index contributed by atoms with van der Waals surface area (Å²) in [7, 11) is 0. The maximum Gasteiger partial charge on any atom is 0.130 e. The molecule has 2 heterocycles. The minimum atomic E-state index is 0.721. The maximum absolute atomic E-state index is 5.99. The van der Waals surface area contributed by atoms with Gasteiger partial charge in [-0.2, -0.15) is 0 Å². The van der Waals surface area contributed by atoms with Gasteiger partial charge < -0.3 is 10.6 Å². The predicted octanol–water partition coefficient (Wildman–Crippen LogP) is 2.74. The van der Waals surface area contributed by atoms with Crippen LogP contribution in [0.4, 0.5) is 11.5 Å². The molecule has 0 aromatic carbocycles. The van der Waals surface area contributed by atoms with E-state index in [0.717, 1.165) is 35.6 Å². The van der Waals surface area contributed by atoms with Crippen LogP contribution in [0.1, 0.15) is 37.7 Å². The third-order valence-corrected chi connectivity index (χ3v) is 4.43. The number of aryl methyl sites for hydroxylation is 1. The summed E-state index contributed by atoms with van der Waals surface area (Å²) >= 11 is 0. The smallest absolute Gasteiger partial charge is 0.130 e. The number of rotatable bonds is 1. The second kappa shape index (κ2) is 4.21. The molecule has 1 aliphatic heterocycles. The van der Waals surface area contributed by atoms with Crippen LogP contribution in [0, 0.1) is 12.8 Å². The van der Waals surface area contributed by atoms with Crippen molar-refractivity contribution in [1.82, 2.24) is 4.98 Å².